The Labute approximate surface area is 146 Å². The second kappa shape index (κ2) is 7.28. The summed E-state index contributed by atoms with van der Waals surface area (Å²) in [5.74, 6) is 0.558. The molecule has 4 radical (unpaired) electrons. The van der Waals surface area contributed by atoms with E-state index in [9.17, 15) is 4.79 Å². The second-order valence-corrected chi connectivity index (χ2v) is 6.70. The highest BCUT2D eigenvalue weighted by molar-refractivity contribution is 6.39. The van der Waals surface area contributed by atoms with Crippen molar-refractivity contribution in [3.05, 3.63) is 29.6 Å². The summed E-state index contributed by atoms with van der Waals surface area (Å²) >= 11 is 0. The summed E-state index contributed by atoms with van der Waals surface area (Å²) in [6, 6.07) is 5.31. The van der Waals surface area contributed by atoms with E-state index in [0.29, 0.717) is 43.6 Å². The summed E-state index contributed by atoms with van der Waals surface area (Å²) in [7, 11) is 12.7. The molecule has 7 heteroatoms. The highest BCUT2D eigenvalue weighted by atomic mass is 16.5. The summed E-state index contributed by atoms with van der Waals surface area (Å²) in [5, 5.41) is -1.13. The Kier molecular flexibility index (Phi) is 5.30. The van der Waals surface area contributed by atoms with Crippen molar-refractivity contribution >= 4 is 21.6 Å². The number of pyridine rings is 1. The van der Waals surface area contributed by atoms with E-state index in [-0.39, 0.29) is 5.91 Å². The second-order valence-electron chi connectivity index (χ2n) is 6.70. The van der Waals surface area contributed by atoms with Crippen LogP contribution in [-0.2, 0) is 10.1 Å². The third-order valence-corrected chi connectivity index (χ3v) is 4.85. The van der Waals surface area contributed by atoms with Gasteiger partial charge in [-0.1, -0.05) is 19.4 Å². The van der Waals surface area contributed by atoms with Crippen molar-refractivity contribution < 1.29 is 9.53 Å². The molecule has 1 aromatic heterocycles. The number of amides is 1. The SMILES string of the molecule is [B]C([B])(c1cccc(C(=O)N2CCOCC2)n1)N1CC(CCC)C1. The molecule has 124 valence electrons. The van der Waals surface area contributed by atoms with Crippen molar-refractivity contribution in [1.29, 1.82) is 0 Å². The van der Waals surface area contributed by atoms with Gasteiger partial charge in [0.15, 0.2) is 0 Å². The molecule has 1 amide bonds. The first-order valence-electron chi connectivity index (χ1n) is 8.69. The van der Waals surface area contributed by atoms with E-state index in [2.05, 4.69) is 11.9 Å². The Morgan fingerprint density at radius 2 is 2.04 bits per heavy atom. The van der Waals surface area contributed by atoms with E-state index in [1.807, 2.05) is 4.90 Å². The summed E-state index contributed by atoms with van der Waals surface area (Å²) < 4.78 is 5.29. The lowest BCUT2D eigenvalue weighted by Gasteiger charge is -2.50. The van der Waals surface area contributed by atoms with Crippen LogP contribution in [0.15, 0.2) is 18.2 Å². The van der Waals surface area contributed by atoms with Gasteiger partial charge in [-0.3, -0.25) is 4.79 Å². The number of hydrogen-bond donors (Lipinski definition) is 0. The van der Waals surface area contributed by atoms with E-state index in [1.165, 1.54) is 12.8 Å². The third-order valence-electron chi connectivity index (χ3n) is 4.85. The molecule has 2 aliphatic heterocycles. The first kappa shape index (κ1) is 17.5. The first-order valence-corrected chi connectivity index (χ1v) is 8.69. The minimum absolute atomic E-state index is 0.0941. The zero-order valence-corrected chi connectivity index (χ0v) is 14.3. The molecular formula is C17H23B2N3O2. The van der Waals surface area contributed by atoms with Gasteiger partial charge in [0.25, 0.3) is 5.91 Å². The van der Waals surface area contributed by atoms with Gasteiger partial charge in [-0.15, -0.1) is 0 Å². The Morgan fingerprint density at radius 1 is 1.33 bits per heavy atom. The predicted molar refractivity (Wildman–Crippen MR) is 94.1 cm³/mol. The van der Waals surface area contributed by atoms with Crippen molar-refractivity contribution in [1.82, 2.24) is 14.8 Å². The fraction of sp³-hybridized carbons (Fsp3) is 0.647. The predicted octanol–water partition coefficient (Wildman–Crippen LogP) is 0.733. The van der Waals surface area contributed by atoms with E-state index in [0.717, 1.165) is 13.1 Å². The molecule has 0 unspecified atom stereocenters. The maximum atomic E-state index is 12.6. The smallest absolute Gasteiger partial charge is 0.272 e. The van der Waals surface area contributed by atoms with Crippen molar-refractivity contribution in [2.24, 2.45) is 5.92 Å². The molecule has 0 atom stereocenters. The van der Waals surface area contributed by atoms with Crippen molar-refractivity contribution in [3.63, 3.8) is 0 Å². The van der Waals surface area contributed by atoms with Gasteiger partial charge >= 0.3 is 0 Å². The van der Waals surface area contributed by atoms with Gasteiger partial charge in [0.1, 0.15) is 5.69 Å². The molecule has 0 aromatic carbocycles. The lowest BCUT2D eigenvalue weighted by Crippen LogP contribution is -2.59. The van der Waals surface area contributed by atoms with Gasteiger partial charge in [-0.25, -0.2) is 4.98 Å². The number of rotatable bonds is 5. The molecule has 2 fully saturated rings. The van der Waals surface area contributed by atoms with Crippen LogP contribution in [0.5, 0.6) is 0 Å². The van der Waals surface area contributed by atoms with Crippen LogP contribution in [0.25, 0.3) is 0 Å². The number of ether oxygens (including phenoxy) is 1. The van der Waals surface area contributed by atoms with Gasteiger partial charge in [-0.2, -0.15) is 0 Å². The topological polar surface area (TPSA) is 45.7 Å². The fourth-order valence-electron chi connectivity index (χ4n) is 3.33. The van der Waals surface area contributed by atoms with Gasteiger partial charge in [0.2, 0.25) is 0 Å². The Hall–Kier alpha value is -1.33. The van der Waals surface area contributed by atoms with Crippen LogP contribution in [0, 0.1) is 5.92 Å². The average Bonchev–Trinajstić information content (AvgIpc) is 2.57. The molecule has 2 aliphatic rings. The number of carbonyl (C=O) groups excluding carboxylic acids is 1. The van der Waals surface area contributed by atoms with Gasteiger partial charge in [0.05, 0.1) is 28.9 Å². The number of likely N-dealkylation sites (tertiary alicyclic amines) is 1. The Morgan fingerprint density at radius 3 is 2.71 bits per heavy atom. The molecule has 24 heavy (non-hydrogen) atoms. The van der Waals surface area contributed by atoms with Crippen LogP contribution in [-0.4, -0.2) is 75.8 Å². The minimum atomic E-state index is -1.13. The summed E-state index contributed by atoms with van der Waals surface area (Å²) in [6.07, 6.45) is 2.36. The maximum absolute atomic E-state index is 12.6. The monoisotopic (exact) mass is 323 g/mol. The maximum Gasteiger partial charge on any atom is 0.272 e. The van der Waals surface area contributed by atoms with Crippen LogP contribution < -0.4 is 0 Å². The minimum Gasteiger partial charge on any atom is -0.378 e. The van der Waals surface area contributed by atoms with E-state index >= 15 is 0 Å². The number of morpholine rings is 1. The average molecular weight is 323 g/mol. The number of aromatic nitrogens is 1. The van der Waals surface area contributed by atoms with E-state index in [4.69, 9.17) is 20.4 Å². The molecule has 3 rings (SSSR count). The van der Waals surface area contributed by atoms with E-state index in [1.54, 1.807) is 23.1 Å². The summed E-state index contributed by atoms with van der Waals surface area (Å²) in [6.45, 7) is 6.25. The zero-order valence-electron chi connectivity index (χ0n) is 14.3. The first-order chi connectivity index (χ1) is 11.5. The summed E-state index contributed by atoms with van der Waals surface area (Å²) in [4.78, 5) is 20.8. The molecule has 1 aromatic rings. The quantitative estimate of drug-likeness (QED) is 0.750. The zero-order chi connectivity index (χ0) is 17.2. The van der Waals surface area contributed by atoms with Crippen LogP contribution in [0.2, 0.25) is 0 Å². The molecule has 0 saturated carbocycles. The highest BCUT2D eigenvalue weighted by Crippen LogP contribution is 2.31. The standard InChI is InChI=1S/C17H23B2N3O2/c1-2-4-13-11-22(12-13)17(18,19)15-6-3-5-14(20-15)16(23)21-7-9-24-10-8-21/h3,5-6,13H,2,4,7-12H2,1H3. The lowest BCUT2D eigenvalue weighted by molar-refractivity contribution is 0.0297. The normalized spacial score (nSPS) is 20.0. The number of hydrogen-bond acceptors (Lipinski definition) is 4. The molecule has 2 saturated heterocycles. The molecule has 0 spiro atoms. The Bertz CT molecular complexity index is 585. The molecule has 0 aliphatic carbocycles. The lowest BCUT2D eigenvalue weighted by atomic mass is 9.57. The number of carbonyl (C=O) groups is 1. The van der Waals surface area contributed by atoms with Gasteiger partial charge in [0, 0.05) is 31.9 Å². The Balaban J connectivity index is 1.71. The van der Waals surface area contributed by atoms with Crippen LogP contribution in [0.1, 0.15) is 35.9 Å². The molecule has 5 nitrogen and oxygen atoms in total. The van der Waals surface area contributed by atoms with Gasteiger partial charge in [-0.05, 0) is 29.8 Å². The van der Waals surface area contributed by atoms with Crippen LogP contribution in [0.3, 0.4) is 0 Å². The number of nitrogens with zero attached hydrogens (tertiary/aromatic N) is 3. The highest BCUT2D eigenvalue weighted by Gasteiger charge is 2.38. The molecule has 0 bridgehead atoms. The van der Waals surface area contributed by atoms with E-state index < -0.39 is 5.34 Å². The molecule has 0 N–H and O–H groups in total. The van der Waals surface area contributed by atoms with Crippen LogP contribution in [0.4, 0.5) is 0 Å². The van der Waals surface area contributed by atoms with Crippen molar-refractivity contribution in [3.8, 4) is 0 Å². The molecular weight excluding hydrogens is 300 g/mol. The fourth-order valence-corrected chi connectivity index (χ4v) is 3.33. The summed E-state index contributed by atoms with van der Waals surface area (Å²) in [5.41, 5.74) is 0.928. The molecule has 3 heterocycles. The van der Waals surface area contributed by atoms with Gasteiger partial charge < -0.3 is 14.5 Å². The van der Waals surface area contributed by atoms with Crippen molar-refractivity contribution in [2.45, 2.75) is 25.1 Å². The largest absolute Gasteiger partial charge is 0.378 e. The third kappa shape index (κ3) is 3.52. The van der Waals surface area contributed by atoms with Crippen LogP contribution >= 0.6 is 0 Å². The van der Waals surface area contributed by atoms with Crippen molar-refractivity contribution in [2.75, 3.05) is 39.4 Å².